The van der Waals surface area contributed by atoms with Crippen molar-refractivity contribution >= 4 is 29.5 Å². The van der Waals surface area contributed by atoms with E-state index in [2.05, 4.69) is 21.3 Å². The van der Waals surface area contributed by atoms with Crippen molar-refractivity contribution < 1.29 is 38.2 Å². The molecule has 14 nitrogen and oxygen atoms in total. The molecular formula is C41H54N6O8. The van der Waals surface area contributed by atoms with Gasteiger partial charge in [0.15, 0.2) is 11.5 Å². The zero-order valence-electron chi connectivity index (χ0n) is 32.2. The van der Waals surface area contributed by atoms with Gasteiger partial charge in [0.2, 0.25) is 23.6 Å². The Kier molecular flexibility index (Phi) is 16.3. The molecule has 2 heterocycles. The highest BCUT2D eigenvalue weighted by Gasteiger charge is 2.28. The predicted octanol–water partition coefficient (Wildman–Crippen LogP) is 3.60. The fourth-order valence-corrected chi connectivity index (χ4v) is 6.09. The van der Waals surface area contributed by atoms with Crippen LogP contribution in [0.2, 0.25) is 0 Å². The third-order valence-corrected chi connectivity index (χ3v) is 9.31. The van der Waals surface area contributed by atoms with Gasteiger partial charge in [-0.05, 0) is 74.9 Å². The fraction of sp³-hybridized carbons (Fsp3) is 0.439. The summed E-state index contributed by atoms with van der Waals surface area (Å²) in [4.78, 5) is 68.5. The number of carbonyl (C=O) groups excluding carboxylic acids is 5. The van der Waals surface area contributed by atoms with Gasteiger partial charge in [-0.2, -0.15) is 0 Å². The van der Waals surface area contributed by atoms with E-state index in [4.69, 9.17) is 19.9 Å². The van der Waals surface area contributed by atoms with Crippen LogP contribution in [0.25, 0.3) is 0 Å². The SMILES string of the molecule is CCCC[C@H](N)C(=O)N1CCCCNC(=O)c2ccc(OC)c(c2)Oc2ccc(c(OC)c2)CNC(=O)[C@H](C)NC(=O)[C@H](CCc2ccccc2)NC(=O)C1. The fourth-order valence-electron chi connectivity index (χ4n) is 6.09. The van der Waals surface area contributed by atoms with Crippen molar-refractivity contribution in [2.75, 3.05) is 33.9 Å². The van der Waals surface area contributed by atoms with Gasteiger partial charge in [-0.25, -0.2) is 0 Å². The second kappa shape index (κ2) is 21.3. The van der Waals surface area contributed by atoms with E-state index in [1.807, 2.05) is 37.3 Å². The third-order valence-electron chi connectivity index (χ3n) is 9.31. The molecule has 2 aliphatic heterocycles. The molecule has 5 amide bonds. The molecule has 3 aromatic carbocycles. The monoisotopic (exact) mass is 758 g/mol. The van der Waals surface area contributed by atoms with E-state index in [-0.39, 0.29) is 37.9 Å². The van der Waals surface area contributed by atoms with Crippen LogP contribution in [0, 0.1) is 0 Å². The summed E-state index contributed by atoms with van der Waals surface area (Å²) in [7, 11) is 2.99. The molecule has 0 spiro atoms. The topological polar surface area (TPSA) is 190 Å². The molecule has 4 bridgehead atoms. The lowest BCUT2D eigenvalue weighted by Crippen LogP contribution is -2.55. The maximum absolute atomic E-state index is 13.7. The van der Waals surface area contributed by atoms with Crippen molar-refractivity contribution in [3.8, 4) is 23.0 Å². The number of amides is 5. The van der Waals surface area contributed by atoms with E-state index >= 15 is 0 Å². The number of unbranched alkanes of at least 4 members (excludes halogenated alkanes) is 1. The van der Waals surface area contributed by atoms with E-state index in [9.17, 15) is 24.0 Å². The number of hydrogen-bond acceptors (Lipinski definition) is 9. The number of fused-ring (bicyclic) bond motifs is 18. The average Bonchev–Trinajstić information content (AvgIpc) is 3.19. The Morgan fingerprint density at radius 2 is 1.69 bits per heavy atom. The second-order valence-corrected chi connectivity index (χ2v) is 13.5. The van der Waals surface area contributed by atoms with Crippen LogP contribution in [-0.2, 0) is 32.1 Å². The van der Waals surface area contributed by atoms with Gasteiger partial charge in [0, 0.05) is 36.8 Å². The first kappa shape index (κ1) is 42.1. The van der Waals surface area contributed by atoms with Crippen LogP contribution in [0.4, 0.5) is 0 Å². The Labute approximate surface area is 322 Å². The largest absolute Gasteiger partial charge is 0.496 e. The lowest BCUT2D eigenvalue weighted by Gasteiger charge is -2.27. The minimum atomic E-state index is -0.998. The van der Waals surface area contributed by atoms with Gasteiger partial charge in [0.05, 0.1) is 26.8 Å². The van der Waals surface area contributed by atoms with Crippen LogP contribution >= 0.6 is 0 Å². The molecule has 3 atom stereocenters. The van der Waals surface area contributed by atoms with Gasteiger partial charge >= 0.3 is 0 Å². The van der Waals surface area contributed by atoms with Crippen molar-refractivity contribution in [2.24, 2.45) is 5.73 Å². The Morgan fingerprint density at radius 3 is 2.42 bits per heavy atom. The van der Waals surface area contributed by atoms with Crippen molar-refractivity contribution in [3.63, 3.8) is 0 Å². The highest BCUT2D eigenvalue weighted by Crippen LogP contribution is 2.35. The molecule has 0 aliphatic carbocycles. The van der Waals surface area contributed by atoms with E-state index in [1.54, 1.807) is 43.3 Å². The number of carbonyl (C=O) groups is 5. The molecule has 14 heteroatoms. The first-order valence-corrected chi connectivity index (χ1v) is 18.8. The minimum Gasteiger partial charge on any atom is -0.496 e. The number of methoxy groups -OCH3 is 2. The number of hydrogen-bond donors (Lipinski definition) is 5. The molecule has 0 unspecified atom stereocenters. The molecule has 296 valence electrons. The lowest BCUT2D eigenvalue weighted by atomic mass is 10.0. The molecule has 0 saturated heterocycles. The van der Waals surface area contributed by atoms with Crippen LogP contribution in [0.5, 0.6) is 23.0 Å². The van der Waals surface area contributed by atoms with Crippen LogP contribution in [-0.4, -0.2) is 86.4 Å². The summed E-state index contributed by atoms with van der Waals surface area (Å²) in [6.07, 6.45) is 3.79. The van der Waals surface area contributed by atoms with Gasteiger partial charge in [0.25, 0.3) is 5.91 Å². The van der Waals surface area contributed by atoms with Crippen LogP contribution < -0.4 is 41.2 Å². The summed E-state index contributed by atoms with van der Waals surface area (Å²) >= 11 is 0. The molecular weight excluding hydrogens is 704 g/mol. The summed E-state index contributed by atoms with van der Waals surface area (Å²) in [5.41, 5.74) is 8.24. The molecule has 0 fully saturated rings. The maximum Gasteiger partial charge on any atom is 0.251 e. The van der Waals surface area contributed by atoms with Crippen molar-refractivity contribution in [2.45, 2.75) is 83.5 Å². The summed E-state index contributed by atoms with van der Waals surface area (Å²) in [5.74, 6) is -0.650. The Balaban J connectivity index is 1.60. The maximum atomic E-state index is 13.7. The van der Waals surface area contributed by atoms with Crippen molar-refractivity contribution in [1.29, 1.82) is 0 Å². The molecule has 6 N–H and O–H groups in total. The van der Waals surface area contributed by atoms with Gasteiger partial charge in [0.1, 0.15) is 23.6 Å². The summed E-state index contributed by atoms with van der Waals surface area (Å²) in [6.45, 7) is 3.85. The summed E-state index contributed by atoms with van der Waals surface area (Å²) < 4.78 is 17.2. The smallest absolute Gasteiger partial charge is 0.251 e. The number of benzene rings is 3. The van der Waals surface area contributed by atoms with Crippen molar-refractivity contribution in [1.82, 2.24) is 26.2 Å². The summed E-state index contributed by atoms with van der Waals surface area (Å²) in [6, 6.07) is 16.7. The number of nitrogens with zero attached hydrogens (tertiary/aromatic N) is 1. The third kappa shape index (κ3) is 12.7. The first-order chi connectivity index (χ1) is 26.5. The van der Waals surface area contributed by atoms with E-state index < -0.39 is 35.8 Å². The highest BCUT2D eigenvalue weighted by molar-refractivity contribution is 5.95. The molecule has 55 heavy (non-hydrogen) atoms. The first-order valence-electron chi connectivity index (χ1n) is 18.8. The Hall–Kier alpha value is -5.63. The number of rotatable bonds is 9. The van der Waals surface area contributed by atoms with E-state index in [0.717, 1.165) is 18.4 Å². The quantitative estimate of drug-likeness (QED) is 0.203. The van der Waals surface area contributed by atoms with E-state index in [1.165, 1.54) is 19.1 Å². The summed E-state index contributed by atoms with van der Waals surface area (Å²) in [5, 5.41) is 11.3. The zero-order chi connectivity index (χ0) is 39.7. The molecule has 0 saturated carbocycles. The standard InChI is InChI=1S/C41H54N6O8/c1-5-6-14-32(42)41(52)47-22-11-10-21-43-39(50)29-17-20-34(53-3)36(23-29)55-31-18-16-30(35(24-31)54-4)25-44-38(49)27(2)45-40(51)33(46-37(48)26-47)19-15-28-12-8-7-9-13-28/h7-9,12-13,16-18,20,23-24,27,32-33H,5-6,10-11,14-15,19,21-22,25-26,42H2,1-4H3,(H,43,50)(H,44,49)(H,45,51)(H,46,48)/t27-,32-,33-/m0/s1. The second-order valence-electron chi connectivity index (χ2n) is 13.5. The van der Waals surface area contributed by atoms with Gasteiger partial charge in [-0.3, -0.25) is 24.0 Å². The van der Waals surface area contributed by atoms with Crippen LogP contribution in [0.1, 0.15) is 73.9 Å². The molecule has 0 aromatic heterocycles. The molecule has 0 radical (unpaired) electrons. The van der Waals surface area contributed by atoms with Gasteiger partial charge < -0.3 is 46.1 Å². The average molecular weight is 759 g/mol. The number of ether oxygens (including phenoxy) is 3. The normalized spacial score (nSPS) is 18.3. The molecule has 5 rings (SSSR count). The van der Waals surface area contributed by atoms with Crippen molar-refractivity contribution in [3.05, 3.63) is 83.4 Å². The lowest BCUT2D eigenvalue weighted by molar-refractivity contribution is -0.138. The number of aryl methyl sites for hydroxylation is 1. The predicted molar refractivity (Wildman–Crippen MR) is 208 cm³/mol. The Bertz CT molecular complexity index is 1770. The number of nitrogens with one attached hydrogen (secondary N) is 4. The highest BCUT2D eigenvalue weighted by atomic mass is 16.5. The van der Waals surface area contributed by atoms with Crippen LogP contribution in [0.3, 0.4) is 0 Å². The van der Waals surface area contributed by atoms with Gasteiger partial charge in [-0.15, -0.1) is 0 Å². The van der Waals surface area contributed by atoms with E-state index in [0.29, 0.717) is 66.4 Å². The molecule has 2 aliphatic rings. The zero-order valence-corrected chi connectivity index (χ0v) is 32.2. The van der Waals surface area contributed by atoms with Gasteiger partial charge in [-0.1, -0.05) is 50.1 Å². The molecule has 3 aromatic rings. The Morgan fingerprint density at radius 1 is 0.927 bits per heavy atom. The van der Waals surface area contributed by atoms with Crippen LogP contribution in [0.15, 0.2) is 66.7 Å². The number of nitrogens with two attached hydrogens (primary N) is 1. The minimum absolute atomic E-state index is 0.0832.